The zero-order chi connectivity index (χ0) is 14.6. The summed E-state index contributed by atoms with van der Waals surface area (Å²) in [5.74, 6) is -3.30. The first-order valence-corrected chi connectivity index (χ1v) is 4.96. The minimum atomic E-state index is -5.16. The van der Waals surface area contributed by atoms with E-state index < -0.39 is 30.8 Å². The number of nitrogens with one attached hydrogen (secondary N) is 1. The highest BCUT2D eigenvalue weighted by Crippen LogP contribution is 2.18. The van der Waals surface area contributed by atoms with Crippen LogP contribution in [0.4, 0.5) is 13.2 Å². The van der Waals surface area contributed by atoms with Crippen molar-refractivity contribution in [2.45, 2.75) is 18.7 Å². The van der Waals surface area contributed by atoms with E-state index in [0.29, 0.717) is 0 Å². The van der Waals surface area contributed by atoms with Crippen LogP contribution < -0.4 is 5.73 Å². The number of imidazole rings is 1. The highest BCUT2D eigenvalue weighted by Gasteiger charge is 2.42. The quantitative estimate of drug-likeness (QED) is 0.630. The zero-order valence-electron chi connectivity index (χ0n) is 9.40. The van der Waals surface area contributed by atoms with Crippen LogP contribution in [0.1, 0.15) is 16.2 Å². The standard InChI is InChI=1S/C9H10F3N3O4/c10-9(11,12)8(18)19-4(2-16)1-5-6(7(13)17)15-3-14-5/h3-4,16H,1-2H2,(H2,13,17)(H,14,15). The van der Waals surface area contributed by atoms with Crippen LogP contribution in [0.15, 0.2) is 6.33 Å². The summed E-state index contributed by atoms with van der Waals surface area (Å²) < 4.78 is 40.0. The van der Waals surface area contributed by atoms with Crippen molar-refractivity contribution in [2.24, 2.45) is 5.73 Å². The lowest BCUT2D eigenvalue weighted by Crippen LogP contribution is -2.33. The van der Waals surface area contributed by atoms with Gasteiger partial charge < -0.3 is 20.6 Å². The van der Waals surface area contributed by atoms with Gasteiger partial charge in [-0.05, 0) is 0 Å². The number of aliphatic hydroxyl groups excluding tert-OH is 1. The summed E-state index contributed by atoms with van der Waals surface area (Å²) in [4.78, 5) is 27.6. The number of aromatic nitrogens is 2. The zero-order valence-corrected chi connectivity index (χ0v) is 9.40. The Morgan fingerprint density at radius 3 is 2.63 bits per heavy atom. The average molecular weight is 281 g/mol. The van der Waals surface area contributed by atoms with E-state index in [9.17, 15) is 22.8 Å². The van der Waals surface area contributed by atoms with E-state index >= 15 is 0 Å². The van der Waals surface area contributed by atoms with Gasteiger partial charge in [0.25, 0.3) is 5.91 Å². The maximum Gasteiger partial charge on any atom is 0.490 e. The van der Waals surface area contributed by atoms with E-state index in [1.165, 1.54) is 0 Å². The van der Waals surface area contributed by atoms with Crippen LogP contribution in [0.3, 0.4) is 0 Å². The number of nitrogens with zero attached hydrogens (tertiary/aromatic N) is 1. The fourth-order valence-corrected chi connectivity index (χ4v) is 1.27. The molecule has 0 aromatic carbocycles. The Balaban J connectivity index is 2.75. The highest BCUT2D eigenvalue weighted by atomic mass is 19.4. The van der Waals surface area contributed by atoms with Gasteiger partial charge in [0.1, 0.15) is 11.8 Å². The van der Waals surface area contributed by atoms with E-state index in [1.54, 1.807) is 0 Å². The third-order valence-corrected chi connectivity index (χ3v) is 2.09. The molecule has 0 spiro atoms. The number of hydrogen-bond acceptors (Lipinski definition) is 5. The van der Waals surface area contributed by atoms with Crippen molar-refractivity contribution in [3.05, 3.63) is 17.7 Å². The molecule has 0 radical (unpaired) electrons. The largest absolute Gasteiger partial charge is 0.490 e. The summed E-state index contributed by atoms with van der Waals surface area (Å²) in [7, 11) is 0. The number of H-pyrrole nitrogens is 1. The molecular formula is C9H10F3N3O4. The van der Waals surface area contributed by atoms with E-state index in [1.807, 2.05) is 0 Å². The van der Waals surface area contributed by atoms with Crippen molar-refractivity contribution >= 4 is 11.9 Å². The molecular weight excluding hydrogens is 271 g/mol. The lowest BCUT2D eigenvalue weighted by molar-refractivity contribution is -0.206. The number of primary amides is 1. The number of aliphatic hydroxyl groups is 1. The summed E-state index contributed by atoms with van der Waals surface area (Å²) in [6.45, 7) is -0.854. The molecule has 19 heavy (non-hydrogen) atoms. The van der Waals surface area contributed by atoms with E-state index in [0.717, 1.165) is 6.33 Å². The fourth-order valence-electron chi connectivity index (χ4n) is 1.27. The number of carbonyl (C=O) groups excluding carboxylic acids is 2. The first kappa shape index (κ1) is 15.0. The van der Waals surface area contributed by atoms with Gasteiger partial charge in [0.05, 0.1) is 18.6 Å². The Morgan fingerprint density at radius 1 is 1.53 bits per heavy atom. The van der Waals surface area contributed by atoms with Crippen molar-refractivity contribution in [3.63, 3.8) is 0 Å². The number of nitrogens with two attached hydrogens (primary N) is 1. The molecule has 0 aliphatic carbocycles. The van der Waals surface area contributed by atoms with Crippen LogP contribution in [0.2, 0.25) is 0 Å². The number of rotatable bonds is 5. The summed E-state index contributed by atoms with van der Waals surface area (Å²) in [6.07, 6.45) is -5.91. The van der Waals surface area contributed by atoms with Gasteiger partial charge >= 0.3 is 12.1 Å². The van der Waals surface area contributed by atoms with Gasteiger partial charge in [-0.1, -0.05) is 0 Å². The summed E-state index contributed by atoms with van der Waals surface area (Å²) in [5, 5.41) is 8.87. The molecule has 1 aromatic heterocycles. The monoisotopic (exact) mass is 281 g/mol. The van der Waals surface area contributed by atoms with Crippen LogP contribution >= 0.6 is 0 Å². The molecule has 106 valence electrons. The first-order valence-electron chi connectivity index (χ1n) is 4.96. The van der Waals surface area contributed by atoms with Crippen LogP contribution in [-0.4, -0.2) is 45.8 Å². The third kappa shape index (κ3) is 3.95. The Hall–Kier alpha value is -2.10. The van der Waals surface area contributed by atoms with Gasteiger partial charge in [0, 0.05) is 6.42 Å². The highest BCUT2D eigenvalue weighted by molar-refractivity contribution is 5.91. The average Bonchev–Trinajstić information content (AvgIpc) is 2.74. The molecule has 1 rings (SSSR count). The van der Waals surface area contributed by atoms with Crippen LogP contribution in [0, 0.1) is 0 Å². The first-order chi connectivity index (χ1) is 8.75. The Labute approximate surface area is 104 Å². The Morgan fingerprint density at radius 2 is 2.16 bits per heavy atom. The Bertz CT molecular complexity index is 472. The molecule has 0 aliphatic heterocycles. The third-order valence-electron chi connectivity index (χ3n) is 2.09. The molecule has 7 nitrogen and oxygen atoms in total. The van der Waals surface area contributed by atoms with E-state index in [2.05, 4.69) is 14.7 Å². The molecule has 0 bridgehead atoms. The molecule has 1 aromatic rings. The van der Waals surface area contributed by atoms with Crippen molar-refractivity contribution in [1.29, 1.82) is 0 Å². The SMILES string of the molecule is NC(=O)c1[nH]cnc1CC(CO)OC(=O)C(F)(F)F. The number of ether oxygens (including phenoxy) is 1. The number of aromatic amines is 1. The van der Waals surface area contributed by atoms with Gasteiger partial charge in [-0.25, -0.2) is 9.78 Å². The molecule has 0 fully saturated rings. The number of halogens is 3. The normalized spacial score (nSPS) is 13.1. The molecule has 4 N–H and O–H groups in total. The molecule has 0 saturated heterocycles. The fraction of sp³-hybridized carbons (Fsp3) is 0.444. The van der Waals surface area contributed by atoms with Gasteiger partial charge in [0.15, 0.2) is 0 Å². The van der Waals surface area contributed by atoms with Crippen LogP contribution in [0.25, 0.3) is 0 Å². The number of carbonyl (C=O) groups is 2. The lowest BCUT2D eigenvalue weighted by Gasteiger charge is -2.15. The smallest absolute Gasteiger partial charge is 0.453 e. The maximum absolute atomic E-state index is 12.0. The maximum atomic E-state index is 12.0. The van der Waals surface area contributed by atoms with E-state index in [-0.39, 0.29) is 17.8 Å². The molecule has 0 saturated carbocycles. The summed E-state index contributed by atoms with van der Waals surface area (Å²) >= 11 is 0. The minimum absolute atomic E-state index is 0.00141. The van der Waals surface area contributed by atoms with Crippen molar-refractivity contribution in [1.82, 2.24) is 9.97 Å². The van der Waals surface area contributed by atoms with Crippen LogP contribution in [0.5, 0.6) is 0 Å². The van der Waals surface area contributed by atoms with Gasteiger partial charge in [-0.15, -0.1) is 0 Å². The predicted molar refractivity (Wildman–Crippen MR) is 53.8 cm³/mol. The van der Waals surface area contributed by atoms with Crippen molar-refractivity contribution < 1.29 is 32.6 Å². The minimum Gasteiger partial charge on any atom is -0.453 e. The number of amides is 1. The molecule has 0 aliphatic rings. The topological polar surface area (TPSA) is 118 Å². The predicted octanol–water partition coefficient (Wildman–Crippen LogP) is -0.483. The lowest BCUT2D eigenvalue weighted by atomic mass is 10.1. The van der Waals surface area contributed by atoms with Crippen LogP contribution in [-0.2, 0) is 16.0 Å². The second-order valence-electron chi connectivity index (χ2n) is 3.50. The van der Waals surface area contributed by atoms with Crippen molar-refractivity contribution in [3.8, 4) is 0 Å². The second kappa shape index (κ2) is 5.69. The number of esters is 1. The molecule has 1 atom stereocenters. The van der Waals surface area contributed by atoms with Gasteiger partial charge in [-0.2, -0.15) is 13.2 Å². The van der Waals surface area contributed by atoms with Gasteiger partial charge in [-0.3, -0.25) is 4.79 Å². The number of hydrogen-bond donors (Lipinski definition) is 3. The van der Waals surface area contributed by atoms with E-state index in [4.69, 9.17) is 10.8 Å². The molecule has 1 unspecified atom stereocenters. The summed E-state index contributed by atoms with van der Waals surface area (Å²) in [5.41, 5.74) is 4.86. The molecule has 1 heterocycles. The second-order valence-corrected chi connectivity index (χ2v) is 3.50. The van der Waals surface area contributed by atoms with Gasteiger partial charge in [0.2, 0.25) is 0 Å². The number of alkyl halides is 3. The van der Waals surface area contributed by atoms with Crippen molar-refractivity contribution in [2.75, 3.05) is 6.61 Å². The molecule has 10 heteroatoms. The summed E-state index contributed by atoms with van der Waals surface area (Å²) in [6, 6.07) is 0. The Kier molecular flexibility index (Phi) is 4.48. The molecule has 1 amide bonds.